The van der Waals surface area contributed by atoms with Crippen LogP contribution in [-0.2, 0) is 10.0 Å². The largest absolute Gasteiger partial charge is 0.487 e. The van der Waals surface area contributed by atoms with Gasteiger partial charge < -0.3 is 14.7 Å². The Balaban J connectivity index is 1.70. The van der Waals surface area contributed by atoms with Gasteiger partial charge in [-0.25, -0.2) is 8.42 Å². The van der Waals surface area contributed by atoms with Crippen LogP contribution < -0.4 is 4.74 Å². The molecule has 0 fully saturated rings. The van der Waals surface area contributed by atoms with E-state index in [1.165, 1.54) is 4.31 Å². The van der Waals surface area contributed by atoms with E-state index in [2.05, 4.69) is 4.98 Å². The first kappa shape index (κ1) is 27.5. The number of carbonyl (C=O) groups is 1. The zero-order chi connectivity index (χ0) is 27.3. The zero-order valence-electron chi connectivity index (χ0n) is 21.8. The maximum atomic E-state index is 13.7. The van der Waals surface area contributed by atoms with E-state index >= 15 is 0 Å². The minimum absolute atomic E-state index is 0.0367. The lowest BCUT2D eigenvalue weighted by atomic mass is 10.0. The van der Waals surface area contributed by atoms with Crippen molar-refractivity contribution in [2.75, 3.05) is 26.7 Å². The Bertz CT molecular complexity index is 1380. The maximum absolute atomic E-state index is 13.7. The number of hydrogen-bond donors (Lipinski definition) is 1. The molecule has 1 aliphatic rings. The molecular formula is C29H33N3O5S. The molecule has 4 rings (SSSR count). The first-order valence-corrected chi connectivity index (χ1v) is 14.0. The summed E-state index contributed by atoms with van der Waals surface area (Å²) in [5.41, 5.74) is 2.30. The summed E-state index contributed by atoms with van der Waals surface area (Å²) in [5, 5.41) is 9.84. The lowest BCUT2D eigenvalue weighted by Crippen LogP contribution is -2.50. The van der Waals surface area contributed by atoms with Crippen LogP contribution in [0.2, 0.25) is 0 Å². The van der Waals surface area contributed by atoms with Gasteiger partial charge in [0.25, 0.3) is 5.91 Å². The van der Waals surface area contributed by atoms with Crippen molar-refractivity contribution in [3.63, 3.8) is 0 Å². The molecule has 0 spiro atoms. The Hall–Kier alpha value is -3.53. The summed E-state index contributed by atoms with van der Waals surface area (Å²) in [5.74, 6) is -0.238. The monoisotopic (exact) mass is 535 g/mol. The summed E-state index contributed by atoms with van der Waals surface area (Å²) in [4.78, 5) is 18.6. The highest BCUT2D eigenvalue weighted by molar-refractivity contribution is 7.89. The second kappa shape index (κ2) is 11.9. The number of sulfonamides is 1. The van der Waals surface area contributed by atoms with Crippen molar-refractivity contribution in [2.24, 2.45) is 5.92 Å². The molecule has 1 aromatic heterocycles. The highest BCUT2D eigenvalue weighted by Crippen LogP contribution is 2.34. The topological polar surface area (TPSA) is 100 Å². The lowest BCUT2D eigenvalue weighted by molar-refractivity contribution is 0.0563. The Morgan fingerprint density at radius 2 is 1.82 bits per heavy atom. The van der Waals surface area contributed by atoms with Gasteiger partial charge in [0.1, 0.15) is 16.7 Å². The van der Waals surface area contributed by atoms with Gasteiger partial charge in [-0.15, -0.1) is 0 Å². The van der Waals surface area contributed by atoms with E-state index in [1.54, 1.807) is 61.6 Å². The number of carbonyl (C=O) groups excluding carboxylic acids is 1. The Kier molecular flexibility index (Phi) is 8.61. The normalized spacial score (nSPS) is 20.1. The summed E-state index contributed by atoms with van der Waals surface area (Å²) < 4.78 is 35.1. The van der Waals surface area contributed by atoms with Crippen LogP contribution in [0.1, 0.15) is 35.3 Å². The summed E-state index contributed by atoms with van der Waals surface area (Å²) in [6.45, 7) is 3.64. The first-order chi connectivity index (χ1) is 18.2. The number of pyridine rings is 1. The van der Waals surface area contributed by atoms with E-state index in [0.29, 0.717) is 5.56 Å². The molecule has 1 amide bonds. The number of nitrogens with zero attached hydrogens (tertiary/aromatic N) is 3. The molecule has 8 nitrogen and oxygen atoms in total. The highest BCUT2D eigenvalue weighted by Gasteiger charge is 2.38. The van der Waals surface area contributed by atoms with Gasteiger partial charge in [0.15, 0.2) is 0 Å². The molecule has 3 atom stereocenters. The van der Waals surface area contributed by atoms with E-state index in [1.807, 2.05) is 49.4 Å². The van der Waals surface area contributed by atoms with Crippen LogP contribution in [0.15, 0.2) is 78.0 Å². The van der Waals surface area contributed by atoms with E-state index in [9.17, 15) is 18.3 Å². The standard InChI is InChI=1S/C29H33N3O5S/c1-21-18-32(22(2)20-33)38(35,36)28-12-11-24(10-9-23-7-5-4-6-8-23)17-26(28)37-27(21)19-31(3)29(34)25-13-15-30-16-14-25/h4-17,21-22,27,33H,18-20H2,1-3H3/b10-9+/t21-,22-,27-/m1/s1. The third-order valence-corrected chi connectivity index (χ3v) is 8.71. The van der Waals surface area contributed by atoms with Crippen LogP contribution >= 0.6 is 0 Å². The molecule has 0 saturated heterocycles. The van der Waals surface area contributed by atoms with Gasteiger partial charge in [-0.1, -0.05) is 55.5 Å². The average Bonchev–Trinajstić information content (AvgIpc) is 2.93. The molecule has 0 saturated carbocycles. The van der Waals surface area contributed by atoms with E-state index in [4.69, 9.17) is 4.74 Å². The summed E-state index contributed by atoms with van der Waals surface area (Å²) in [6, 6.07) is 17.5. The number of amides is 1. The van der Waals surface area contributed by atoms with Gasteiger partial charge in [0.05, 0.1) is 13.2 Å². The lowest BCUT2D eigenvalue weighted by Gasteiger charge is -2.37. The van der Waals surface area contributed by atoms with Gasteiger partial charge in [-0.2, -0.15) is 4.31 Å². The molecule has 0 bridgehead atoms. The van der Waals surface area contributed by atoms with Crippen LogP contribution in [0.4, 0.5) is 0 Å². The van der Waals surface area contributed by atoms with Crippen LogP contribution in [0.25, 0.3) is 12.2 Å². The van der Waals surface area contributed by atoms with Crippen LogP contribution in [-0.4, -0.2) is 72.5 Å². The predicted molar refractivity (Wildman–Crippen MR) is 147 cm³/mol. The van der Waals surface area contributed by atoms with Crippen molar-refractivity contribution >= 4 is 28.1 Å². The van der Waals surface area contributed by atoms with E-state index in [-0.39, 0.29) is 42.2 Å². The molecule has 0 unspecified atom stereocenters. The van der Waals surface area contributed by atoms with Crippen molar-refractivity contribution in [2.45, 2.75) is 30.9 Å². The first-order valence-electron chi connectivity index (χ1n) is 12.5. The molecular weight excluding hydrogens is 502 g/mol. The SMILES string of the molecule is C[C@@H]1CN([C@H](C)CO)S(=O)(=O)c2ccc(/C=C/c3ccccc3)cc2O[C@@H]1CN(C)C(=O)c1ccncc1. The number of ether oxygens (including phenoxy) is 1. The molecule has 2 heterocycles. The zero-order valence-corrected chi connectivity index (χ0v) is 22.6. The molecule has 1 aliphatic heterocycles. The Morgan fingerprint density at radius 3 is 2.50 bits per heavy atom. The minimum atomic E-state index is -3.95. The fraction of sp³-hybridized carbons (Fsp3) is 0.310. The van der Waals surface area contributed by atoms with Gasteiger partial charge in [-0.05, 0) is 42.3 Å². The number of rotatable bonds is 7. The smallest absolute Gasteiger partial charge is 0.253 e. The van der Waals surface area contributed by atoms with Gasteiger partial charge in [-0.3, -0.25) is 9.78 Å². The average molecular weight is 536 g/mol. The van der Waals surface area contributed by atoms with Crippen LogP contribution in [0, 0.1) is 5.92 Å². The Morgan fingerprint density at radius 1 is 1.13 bits per heavy atom. The highest BCUT2D eigenvalue weighted by atomic mass is 32.2. The molecule has 200 valence electrons. The second-order valence-electron chi connectivity index (χ2n) is 9.61. The number of likely N-dealkylation sites (N-methyl/N-ethyl adjacent to an activating group) is 1. The number of aromatic nitrogens is 1. The predicted octanol–water partition coefficient (Wildman–Crippen LogP) is 3.79. The minimum Gasteiger partial charge on any atom is -0.487 e. The Labute approximate surface area is 224 Å². The number of fused-ring (bicyclic) bond motifs is 1. The summed E-state index contributed by atoms with van der Waals surface area (Å²) in [6.07, 6.45) is 6.48. The number of benzene rings is 2. The number of aliphatic hydroxyl groups is 1. The van der Waals surface area contributed by atoms with Crippen molar-refractivity contribution < 1.29 is 23.1 Å². The van der Waals surface area contributed by atoms with Crippen molar-refractivity contribution in [1.82, 2.24) is 14.2 Å². The number of aliphatic hydroxyl groups excluding tert-OH is 1. The second-order valence-corrected chi connectivity index (χ2v) is 11.5. The quantitative estimate of drug-likeness (QED) is 0.462. The van der Waals surface area contributed by atoms with Gasteiger partial charge in [0.2, 0.25) is 10.0 Å². The van der Waals surface area contributed by atoms with Crippen LogP contribution in [0.5, 0.6) is 5.75 Å². The molecule has 1 N–H and O–H groups in total. The summed E-state index contributed by atoms with van der Waals surface area (Å²) >= 11 is 0. The maximum Gasteiger partial charge on any atom is 0.253 e. The molecule has 2 aromatic carbocycles. The molecule has 9 heteroatoms. The van der Waals surface area contributed by atoms with Crippen LogP contribution in [0.3, 0.4) is 0 Å². The third-order valence-electron chi connectivity index (χ3n) is 6.69. The molecule has 3 aromatic rings. The van der Waals surface area contributed by atoms with E-state index in [0.717, 1.165) is 11.1 Å². The van der Waals surface area contributed by atoms with E-state index < -0.39 is 22.2 Å². The molecule has 0 radical (unpaired) electrons. The fourth-order valence-corrected chi connectivity index (χ4v) is 6.21. The molecule has 38 heavy (non-hydrogen) atoms. The molecule has 0 aliphatic carbocycles. The third kappa shape index (κ3) is 6.12. The van der Waals surface area contributed by atoms with Gasteiger partial charge in [0, 0.05) is 43.5 Å². The van der Waals surface area contributed by atoms with Crippen molar-refractivity contribution in [3.8, 4) is 5.75 Å². The van der Waals surface area contributed by atoms with Gasteiger partial charge >= 0.3 is 0 Å². The van der Waals surface area contributed by atoms with Crippen molar-refractivity contribution in [1.29, 1.82) is 0 Å². The fourth-order valence-electron chi connectivity index (χ4n) is 4.39. The van der Waals surface area contributed by atoms with Crippen molar-refractivity contribution in [3.05, 3.63) is 89.7 Å². The number of hydrogen-bond acceptors (Lipinski definition) is 6. The summed E-state index contributed by atoms with van der Waals surface area (Å²) in [7, 11) is -2.25.